The minimum absolute atomic E-state index is 0. The number of fused-ring (bicyclic) bond motifs is 2. The Hall–Kier alpha value is -3.83. The summed E-state index contributed by atoms with van der Waals surface area (Å²) < 4.78 is 0. The van der Waals surface area contributed by atoms with Gasteiger partial charge in [-0.1, -0.05) is 106 Å². The highest BCUT2D eigenvalue weighted by Crippen LogP contribution is 2.27. The SMILES string of the molecule is C.CCCCN.CCCCNc1nc(N)nc2c1CN(Cc1ccccc1)CC2.Nc1nc(Cl)c2c(n1)CCN(Cc1ccccc1)C2.[2HH]. The van der Waals surface area contributed by atoms with E-state index in [9.17, 15) is 0 Å². The van der Waals surface area contributed by atoms with E-state index in [1.165, 1.54) is 29.5 Å². The summed E-state index contributed by atoms with van der Waals surface area (Å²) in [6.45, 7) is 11.6. The van der Waals surface area contributed by atoms with Gasteiger partial charge < -0.3 is 22.5 Å². The summed E-state index contributed by atoms with van der Waals surface area (Å²) in [5, 5.41) is 3.93. The van der Waals surface area contributed by atoms with Gasteiger partial charge in [-0.2, -0.15) is 4.98 Å². The summed E-state index contributed by atoms with van der Waals surface area (Å²) in [5.74, 6) is 1.55. The van der Waals surface area contributed by atoms with E-state index in [2.05, 4.69) is 103 Å². The Morgan fingerprint density at radius 2 is 1.23 bits per heavy atom. The third kappa shape index (κ3) is 12.0. The molecule has 0 saturated heterocycles. The molecule has 2 aliphatic rings. The van der Waals surface area contributed by atoms with Gasteiger partial charge in [0.25, 0.3) is 0 Å². The molecule has 4 heterocycles. The molecular weight excluding hydrogens is 620 g/mol. The lowest BCUT2D eigenvalue weighted by molar-refractivity contribution is 0.243. The van der Waals surface area contributed by atoms with Gasteiger partial charge in [0, 0.05) is 71.2 Å². The van der Waals surface area contributed by atoms with Crippen LogP contribution >= 0.6 is 11.6 Å². The van der Waals surface area contributed by atoms with Crippen LogP contribution in [0.5, 0.6) is 0 Å². The predicted molar refractivity (Wildman–Crippen MR) is 203 cm³/mol. The van der Waals surface area contributed by atoms with E-state index in [4.69, 9.17) is 28.8 Å². The maximum absolute atomic E-state index is 6.16. The van der Waals surface area contributed by atoms with Crippen LogP contribution in [0, 0.1) is 0 Å². The molecule has 10 nitrogen and oxygen atoms in total. The van der Waals surface area contributed by atoms with Crippen molar-refractivity contribution in [2.24, 2.45) is 5.73 Å². The molecule has 7 N–H and O–H groups in total. The molecule has 0 saturated carbocycles. The summed E-state index contributed by atoms with van der Waals surface area (Å²) in [6.07, 6.45) is 6.48. The molecule has 0 bridgehead atoms. The van der Waals surface area contributed by atoms with Gasteiger partial charge in [-0.15, -0.1) is 0 Å². The van der Waals surface area contributed by atoms with E-state index in [0.29, 0.717) is 11.1 Å². The first-order valence-electron chi connectivity index (χ1n) is 16.8. The topological polar surface area (TPSA) is 148 Å². The quantitative estimate of drug-likeness (QED) is 0.105. The maximum atomic E-state index is 6.16. The zero-order valence-corrected chi connectivity index (χ0v) is 28.7. The Morgan fingerprint density at radius 3 is 1.73 bits per heavy atom. The number of hydrogen-bond donors (Lipinski definition) is 4. The van der Waals surface area contributed by atoms with Gasteiger partial charge in [0.05, 0.1) is 11.4 Å². The van der Waals surface area contributed by atoms with Crippen molar-refractivity contribution in [1.29, 1.82) is 0 Å². The second-order valence-corrected chi connectivity index (χ2v) is 12.3. The number of rotatable bonds is 10. The third-order valence-corrected chi connectivity index (χ3v) is 8.45. The van der Waals surface area contributed by atoms with E-state index in [0.717, 1.165) is 101 Å². The molecule has 2 aliphatic heterocycles. The highest BCUT2D eigenvalue weighted by Gasteiger charge is 2.23. The molecule has 0 spiro atoms. The smallest absolute Gasteiger partial charge is 0.222 e. The lowest BCUT2D eigenvalue weighted by Gasteiger charge is -2.29. The first-order chi connectivity index (χ1) is 22.9. The lowest BCUT2D eigenvalue weighted by atomic mass is 10.0. The van der Waals surface area contributed by atoms with Gasteiger partial charge in [0.1, 0.15) is 11.0 Å². The molecule has 0 fully saturated rings. The number of halogens is 1. The van der Waals surface area contributed by atoms with Crippen molar-refractivity contribution in [3.05, 3.63) is 99.5 Å². The van der Waals surface area contributed by atoms with Crippen LogP contribution in [-0.2, 0) is 39.0 Å². The van der Waals surface area contributed by atoms with Crippen LogP contribution in [0.25, 0.3) is 0 Å². The molecule has 0 radical (unpaired) electrons. The Bertz CT molecular complexity index is 1510. The van der Waals surface area contributed by atoms with Crippen LogP contribution in [0.15, 0.2) is 60.7 Å². The maximum Gasteiger partial charge on any atom is 0.222 e. The van der Waals surface area contributed by atoms with Gasteiger partial charge >= 0.3 is 0 Å². The van der Waals surface area contributed by atoms with Crippen LogP contribution in [0.2, 0.25) is 5.15 Å². The molecule has 0 aliphatic carbocycles. The first kappa shape index (κ1) is 38.6. The van der Waals surface area contributed by atoms with Crippen molar-refractivity contribution < 1.29 is 1.43 Å². The number of nitrogens with two attached hydrogens (primary N) is 3. The standard InChI is InChI=1S/C18H25N5.C14H15ClN4.C4H11N.CH4.H2/c1-2-3-10-20-17-15-13-23(12-14-7-5-4-6-8-14)11-9-16(15)21-18(19)22-17;15-13-11-9-19(8-10-4-2-1-3-5-10)7-6-12(11)17-14(16)18-13;1-2-3-4-5;;/h4-8H,2-3,9-13H2,1H3,(H3,19,20,21,22);1-5H,6-9H2,(H2,16,17,18);2-5H2,1H3;1H4;1H/i;;;;1+1. The Balaban J connectivity index is 0.000000292. The minimum Gasteiger partial charge on any atom is -0.370 e. The highest BCUT2D eigenvalue weighted by atomic mass is 35.5. The summed E-state index contributed by atoms with van der Waals surface area (Å²) >= 11 is 6.16. The highest BCUT2D eigenvalue weighted by molar-refractivity contribution is 6.30. The van der Waals surface area contributed by atoms with Crippen molar-refractivity contribution in [3.8, 4) is 0 Å². The molecule has 0 atom stereocenters. The lowest BCUT2D eigenvalue weighted by Crippen LogP contribution is -2.32. The number of unbranched alkanes of at least 4 members (excludes halogenated alkanes) is 2. The summed E-state index contributed by atoms with van der Waals surface area (Å²) in [5.41, 5.74) is 23.6. The monoisotopic (exact) mass is 677 g/mol. The minimum atomic E-state index is 0. The number of nitrogens with one attached hydrogen (secondary N) is 1. The number of hydrogen-bond acceptors (Lipinski definition) is 10. The Labute approximate surface area is 294 Å². The summed E-state index contributed by atoms with van der Waals surface area (Å²) in [7, 11) is 0. The summed E-state index contributed by atoms with van der Waals surface area (Å²) in [6, 6.07) is 21.0. The van der Waals surface area contributed by atoms with Gasteiger partial charge in [-0.05, 0) is 30.5 Å². The third-order valence-electron chi connectivity index (χ3n) is 8.14. The number of anilines is 3. The second kappa shape index (κ2) is 20.5. The van der Waals surface area contributed by atoms with Crippen molar-refractivity contribution in [1.82, 2.24) is 29.7 Å². The molecular formula is C37H57ClN10. The predicted octanol–water partition coefficient (Wildman–Crippen LogP) is 6.73. The zero-order valence-electron chi connectivity index (χ0n) is 28.0. The van der Waals surface area contributed by atoms with Crippen LogP contribution in [0.3, 0.4) is 0 Å². The fraction of sp³-hybridized carbons (Fsp3) is 0.459. The second-order valence-electron chi connectivity index (χ2n) is 12.0. The molecule has 2 aromatic carbocycles. The molecule has 6 rings (SSSR count). The molecule has 0 amide bonds. The number of aromatic nitrogens is 4. The normalized spacial score (nSPS) is 13.8. The van der Waals surface area contributed by atoms with Crippen LogP contribution in [-0.4, -0.2) is 55.9 Å². The molecule has 262 valence electrons. The first-order valence-corrected chi connectivity index (χ1v) is 17.2. The largest absolute Gasteiger partial charge is 0.370 e. The van der Waals surface area contributed by atoms with Crippen LogP contribution < -0.4 is 22.5 Å². The van der Waals surface area contributed by atoms with E-state index in [-0.39, 0.29) is 14.8 Å². The average Bonchev–Trinajstić information content (AvgIpc) is 3.07. The molecule has 0 unspecified atom stereocenters. The fourth-order valence-electron chi connectivity index (χ4n) is 5.62. The fourth-order valence-corrected chi connectivity index (χ4v) is 5.88. The number of benzene rings is 2. The van der Waals surface area contributed by atoms with E-state index in [1.54, 1.807) is 0 Å². The Morgan fingerprint density at radius 1 is 0.729 bits per heavy atom. The summed E-state index contributed by atoms with van der Waals surface area (Å²) in [4.78, 5) is 22.0. The molecule has 48 heavy (non-hydrogen) atoms. The molecule has 2 aromatic heterocycles. The van der Waals surface area contributed by atoms with E-state index < -0.39 is 0 Å². The number of nitrogens with zero attached hydrogens (tertiary/aromatic N) is 6. The van der Waals surface area contributed by atoms with Crippen molar-refractivity contribution in [2.75, 3.05) is 43.0 Å². The van der Waals surface area contributed by atoms with Gasteiger partial charge in [-0.25, -0.2) is 15.0 Å². The van der Waals surface area contributed by atoms with Gasteiger partial charge in [0.15, 0.2) is 0 Å². The van der Waals surface area contributed by atoms with Crippen molar-refractivity contribution in [2.45, 2.75) is 86.0 Å². The number of nitrogen functional groups attached to an aromatic ring is 2. The molecule has 11 heteroatoms. The average molecular weight is 678 g/mol. The van der Waals surface area contributed by atoms with Crippen molar-refractivity contribution in [3.63, 3.8) is 0 Å². The van der Waals surface area contributed by atoms with Crippen LogP contribution in [0.4, 0.5) is 17.7 Å². The van der Waals surface area contributed by atoms with E-state index >= 15 is 0 Å². The van der Waals surface area contributed by atoms with E-state index in [1.807, 2.05) is 6.07 Å². The van der Waals surface area contributed by atoms with Crippen molar-refractivity contribution >= 4 is 29.3 Å². The zero-order chi connectivity index (χ0) is 33.4. The Kier molecular flexibility index (Phi) is 16.5. The van der Waals surface area contributed by atoms with Gasteiger partial charge in [-0.3, -0.25) is 9.80 Å². The van der Waals surface area contributed by atoms with Gasteiger partial charge in [0.2, 0.25) is 11.9 Å². The molecule has 4 aromatic rings. The van der Waals surface area contributed by atoms with Crippen LogP contribution in [0.1, 0.15) is 82.0 Å².